The highest BCUT2D eigenvalue weighted by Crippen LogP contribution is 2.13. The van der Waals surface area contributed by atoms with E-state index < -0.39 is 5.60 Å². The highest BCUT2D eigenvalue weighted by Gasteiger charge is 2.19. The van der Waals surface area contributed by atoms with Gasteiger partial charge in [-0.15, -0.1) is 0 Å². The molecule has 21 heavy (non-hydrogen) atoms. The highest BCUT2D eigenvalue weighted by atomic mass is 16.6. The Hall–Kier alpha value is -2.04. The standard InChI is InChI=1S/C16H24N2O3/c1-16(2,3)21-15(20)18(5)11-10-17(4)14-8-6-13(12-19)7-9-14/h6-9,12H,10-11H2,1-5H3. The number of hydrogen-bond acceptors (Lipinski definition) is 4. The summed E-state index contributed by atoms with van der Waals surface area (Å²) in [6.07, 6.45) is 0.493. The number of carbonyl (C=O) groups is 2. The van der Waals surface area contributed by atoms with Gasteiger partial charge in [0.2, 0.25) is 0 Å². The van der Waals surface area contributed by atoms with E-state index in [1.54, 1.807) is 24.1 Å². The lowest BCUT2D eigenvalue weighted by molar-refractivity contribution is 0.0303. The minimum atomic E-state index is -0.484. The Morgan fingerprint density at radius 2 is 1.71 bits per heavy atom. The first-order chi connectivity index (χ1) is 9.73. The molecule has 0 saturated heterocycles. The van der Waals surface area contributed by atoms with E-state index in [4.69, 9.17) is 4.74 Å². The maximum atomic E-state index is 11.8. The minimum Gasteiger partial charge on any atom is -0.444 e. The Bertz CT molecular complexity index is 477. The van der Waals surface area contributed by atoms with Gasteiger partial charge in [-0.05, 0) is 45.0 Å². The molecule has 0 radical (unpaired) electrons. The molecule has 0 aliphatic rings. The van der Waals surface area contributed by atoms with Crippen LogP contribution in [0.15, 0.2) is 24.3 Å². The van der Waals surface area contributed by atoms with Gasteiger partial charge in [0.15, 0.2) is 0 Å². The molecule has 0 spiro atoms. The van der Waals surface area contributed by atoms with Crippen molar-refractivity contribution in [3.05, 3.63) is 29.8 Å². The summed E-state index contributed by atoms with van der Waals surface area (Å²) in [6.45, 7) is 6.77. The molecule has 116 valence electrons. The molecule has 0 unspecified atom stereocenters. The molecule has 5 heteroatoms. The molecule has 0 atom stereocenters. The predicted molar refractivity (Wildman–Crippen MR) is 84.0 cm³/mol. The van der Waals surface area contributed by atoms with Crippen molar-refractivity contribution in [2.45, 2.75) is 26.4 Å². The molecule has 0 N–H and O–H groups in total. The van der Waals surface area contributed by atoms with E-state index in [-0.39, 0.29) is 6.09 Å². The van der Waals surface area contributed by atoms with Crippen LogP contribution in [0.4, 0.5) is 10.5 Å². The van der Waals surface area contributed by atoms with E-state index in [1.807, 2.05) is 44.9 Å². The molecule has 1 amide bonds. The van der Waals surface area contributed by atoms with Crippen molar-refractivity contribution in [3.8, 4) is 0 Å². The van der Waals surface area contributed by atoms with Crippen LogP contribution in [0.25, 0.3) is 0 Å². The molecular formula is C16H24N2O3. The lowest BCUT2D eigenvalue weighted by Crippen LogP contribution is -2.38. The van der Waals surface area contributed by atoms with Crippen LogP contribution in [0.2, 0.25) is 0 Å². The zero-order valence-electron chi connectivity index (χ0n) is 13.4. The van der Waals surface area contributed by atoms with E-state index in [9.17, 15) is 9.59 Å². The summed E-state index contributed by atoms with van der Waals surface area (Å²) in [6, 6.07) is 7.32. The van der Waals surface area contributed by atoms with Gasteiger partial charge in [0.25, 0.3) is 0 Å². The van der Waals surface area contributed by atoms with Gasteiger partial charge in [0.05, 0.1) is 0 Å². The summed E-state index contributed by atoms with van der Waals surface area (Å²) in [7, 11) is 3.66. The maximum Gasteiger partial charge on any atom is 0.410 e. The molecule has 1 aromatic rings. The van der Waals surface area contributed by atoms with Crippen LogP contribution in [-0.4, -0.2) is 50.1 Å². The van der Waals surface area contributed by atoms with Gasteiger partial charge in [-0.2, -0.15) is 0 Å². The largest absolute Gasteiger partial charge is 0.444 e. The summed E-state index contributed by atoms with van der Waals surface area (Å²) in [5.74, 6) is 0. The number of amides is 1. The first-order valence-electron chi connectivity index (χ1n) is 6.93. The van der Waals surface area contributed by atoms with E-state index in [1.165, 1.54) is 0 Å². The number of likely N-dealkylation sites (N-methyl/N-ethyl adjacent to an activating group) is 2. The number of carbonyl (C=O) groups excluding carboxylic acids is 2. The number of anilines is 1. The molecule has 0 bridgehead atoms. The Morgan fingerprint density at radius 3 is 2.19 bits per heavy atom. The predicted octanol–water partition coefficient (Wildman–Crippen LogP) is 2.80. The second-order valence-corrected chi connectivity index (χ2v) is 6.03. The number of nitrogens with zero attached hydrogens (tertiary/aromatic N) is 2. The average molecular weight is 292 g/mol. The first-order valence-corrected chi connectivity index (χ1v) is 6.93. The smallest absolute Gasteiger partial charge is 0.410 e. The Balaban J connectivity index is 2.49. The van der Waals surface area contributed by atoms with Crippen molar-refractivity contribution in [1.82, 2.24) is 4.90 Å². The lowest BCUT2D eigenvalue weighted by atomic mass is 10.2. The fourth-order valence-corrected chi connectivity index (χ4v) is 1.67. The third-order valence-corrected chi connectivity index (χ3v) is 2.95. The van der Waals surface area contributed by atoms with Crippen molar-refractivity contribution in [2.24, 2.45) is 0 Å². The van der Waals surface area contributed by atoms with Crippen molar-refractivity contribution in [2.75, 3.05) is 32.1 Å². The van der Waals surface area contributed by atoms with Gasteiger partial charge < -0.3 is 14.5 Å². The number of ether oxygens (including phenoxy) is 1. The number of benzene rings is 1. The lowest BCUT2D eigenvalue weighted by Gasteiger charge is -2.27. The minimum absolute atomic E-state index is 0.327. The molecule has 0 heterocycles. The van der Waals surface area contributed by atoms with E-state index in [0.29, 0.717) is 18.7 Å². The third-order valence-electron chi connectivity index (χ3n) is 2.95. The monoisotopic (exact) mass is 292 g/mol. The van der Waals surface area contributed by atoms with Gasteiger partial charge in [0.1, 0.15) is 11.9 Å². The quantitative estimate of drug-likeness (QED) is 0.783. The molecule has 1 aromatic carbocycles. The van der Waals surface area contributed by atoms with Crippen molar-refractivity contribution < 1.29 is 14.3 Å². The van der Waals surface area contributed by atoms with Crippen LogP contribution in [0.3, 0.4) is 0 Å². The van der Waals surface area contributed by atoms with Crippen LogP contribution >= 0.6 is 0 Å². The second kappa shape index (κ2) is 7.11. The summed E-state index contributed by atoms with van der Waals surface area (Å²) in [5.41, 5.74) is 1.17. The van der Waals surface area contributed by atoms with Crippen molar-refractivity contribution in [3.63, 3.8) is 0 Å². The fourth-order valence-electron chi connectivity index (χ4n) is 1.67. The van der Waals surface area contributed by atoms with Gasteiger partial charge in [0, 0.05) is 38.4 Å². The molecule has 0 saturated carbocycles. The van der Waals surface area contributed by atoms with Crippen LogP contribution in [0, 0.1) is 0 Å². The van der Waals surface area contributed by atoms with Gasteiger partial charge >= 0.3 is 6.09 Å². The average Bonchev–Trinajstić information content (AvgIpc) is 2.42. The van der Waals surface area contributed by atoms with E-state index in [0.717, 1.165) is 12.0 Å². The molecule has 0 fully saturated rings. The zero-order valence-corrected chi connectivity index (χ0v) is 13.4. The number of aldehydes is 1. The summed E-state index contributed by atoms with van der Waals surface area (Å²) < 4.78 is 5.30. The van der Waals surface area contributed by atoms with Gasteiger partial charge in [-0.25, -0.2) is 4.79 Å². The zero-order chi connectivity index (χ0) is 16.0. The molecule has 1 rings (SSSR count). The van der Waals surface area contributed by atoms with Gasteiger partial charge in [-0.1, -0.05) is 0 Å². The first kappa shape index (κ1) is 17.0. The van der Waals surface area contributed by atoms with E-state index >= 15 is 0 Å². The fraction of sp³-hybridized carbons (Fsp3) is 0.500. The van der Waals surface area contributed by atoms with E-state index in [2.05, 4.69) is 0 Å². The number of rotatable bonds is 5. The van der Waals surface area contributed by atoms with Crippen molar-refractivity contribution >= 4 is 18.1 Å². The normalized spacial score (nSPS) is 10.9. The third kappa shape index (κ3) is 5.85. The molecule has 5 nitrogen and oxygen atoms in total. The van der Waals surface area contributed by atoms with Gasteiger partial charge in [-0.3, -0.25) is 4.79 Å². The summed E-state index contributed by atoms with van der Waals surface area (Å²) in [5, 5.41) is 0. The molecule has 0 aliphatic carbocycles. The Kier molecular flexibility index (Phi) is 5.76. The van der Waals surface area contributed by atoms with Crippen molar-refractivity contribution in [1.29, 1.82) is 0 Å². The summed E-state index contributed by atoms with van der Waals surface area (Å²) in [4.78, 5) is 26.0. The molecule has 0 aromatic heterocycles. The molecule has 0 aliphatic heterocycles. The Labute approximate surface area is 126 Å². The van der Waals surface area contributed by atoms with Crippen LogP contribution in [0.1, 0.15) is 31.1 Å². The van der Waals surface area contributed by atoms with Crippen LogP contribution in [-0.2, 0) is 4.74 Å². The topological polar surface area (TPSA) is 49.9 Å². The number of hydrogen-bond donors (Lipinski definition) is 0. The Morgan fingerprint density at radius 1 is 1.14 bits per heavy atom. The SMILES string of the molecule is CN(CCN(C)c1ccc(C=O)cc1)C(=O)OC(C)(C)C. The maximum absolute atomic E-state index is 11.8. The molecular weight excluding hydrogens is 268 g/mol. The van der Waals surface area contributed by atoms with Crippen LogP contribution < -0.4 is 4.90 Å². The van der Waals surface area contributed by atoms with Crippen LogP contribution in [0.5, 0.6) is 0 Å². The second-order valence-electron chi connectivity index (χ2n) is 6.03. The summed E-state index contributed by atoms with van der Waals surface area (Å²) >= 11 is 0. The highest BCUT2D eigenvalue weighted by molar-refractivity contribution is 5.75.